The molecule has 4 nitrogen and oxygen atoms in total. The van der Waals surface area contributed by atoms with Gasteiger partial charge in [0, 0.05) is 24.3 Å². The molecular weight excluding hydrogens is 396 g/mol. The molecule has 0 unspecified atom stereocenters. The third-order valence-corrected chi connectivity index (χ3v) is 4.94. The predicted molar refractivity (Wildman–Crippen MR) is 99.1 cm³/mol. The van der Waals surface area contributed by atoms with Crippen LogP contribution in [0.5, 0.6) is 0 Å². The van der Waals surface area contributed by atoms with Crippen molar-refractivity contribution in [1.82, 2.24) is 9.97 Å². The van der Waals surface area contributed by atoms with Gasteiger partial charge in [-0.25, -0.2) is 17.8 Å². The second-order valence-corrected chi connectivity index (χ2v) is 8.02. The summed E-state index contributed by atoms with van der Waals surface area (Å²) in [5.41, 5.74) is 1.47. The largest absolute Gasteiger partial charge is 0.336 e. The fourth-order valence-corrected chi connectivity index (χ4v) is 3.11. The molecule has 28 heavy (non-hydrogen) atoms. The Morgan fingerprint density at radius 2 is 1.43 bits per heavy atom. The van der Waals surface area contributed by atoms with Crippen molar-refractivity contribution in [2.75, 3.05) is 13.4 Å². The minimum atomic E-state index is -3.38. The van der Waals surface area contributed by atoms with Crippen molar-refractivity contribution in [2.45, 2.75) is 17.7 Å². The van der Waals surface area contributed by atoms with E-state index in [0.29, 0.717) is 24.0 Å². The fraction of sp³-hybridized carbons (Fsp3) is 0.211. The zero-order valence-electron chi connectivity index (χ0n) is 15.3. The Kier molecular flexibility index (Phi) is 6.28. The van der Waals surface area contributed by atoms with Gasteiger partial charge in [0.1, 0.15) is 5.82 Å². The number of nitrogens with one attached hydrogen (secondary N) is 1. The van der Waals surface area contributed by atoms with E-state index in [9.17, 15) is 26.0 Å². The normalized spacial score (nSPS) is 11.7. The highest BCUT2D eigenvalue weighted by atomic mass is 32.2. The lowest BCUT2D eigenvalue weighted by Crippen LogP contribution is -2.09. The molecule has 150 valence electrons. The zero-order valence-corrected chi connectivity index (χ0v) is 16.1. The fourth-order valence-electron chi connectivity index (χ4n) is 2.48. The van der Waals surface area contributed by atoms with Crippen LogP contribution in [0.15, 0.2) is 53.4 Å². The summed E-state index contributed by atoms with van der Waals surface area (Å²) in [7, 11) is -2.88. The van der Waals surface area contributed by atoms with E-state index < -0.39 is 27.4 Å². The van der Waals surface area contributed by atoms with Crippen LogP contribution in [0.2, 0.25) is 0 Å². The number of alkyl halides is 3. The third kappa shape index (κ3) is 4.78. The minimum absolute atomic E-state index is 0.112. The van der Waals surface area contributed by atoms with Crippen LogP contribution in [0.3, 0.4) is 0 Å². The highest BCUT2D eigenvalue weighted by Gasteiger charge is 2.30. The van der Waals surface area contributed by atoms with Gasteiger partial charge in [0.2, 0.25) is 0 Å². The topological polar surface area (TPSA) is 62.8 Å². The molecule has 9 heteroatoms. The summed E-state index contributed by atoms with van der Waals surface area (Å²) in [4.78, 5) is 6.70. The summed E-state index contributed by atoms with van der Waals surface area (Å²) in [6, 6.07) is 11.1. The molecule has 0 radical (unpaired) electrons. The number of rotatable bonds is 4. The summed E-state index contributed by atoms with van der Waals surface area (Å²) in [5.74, 6) is -4.17. The number of sulfone groups is 1. The molecule has 0 aliphatic heterocycles. The number of aromatic nitrogens is 2. The second kappa shape index (κ2) is 8.14. The van der Waals surface area contributed by atoms with Gasteiger partial charge in [0.25, 0.3) is 0 Å². The Bertz CT molecular complexity index is 1040. The molecule has 2 aromatic carbocycles. The smallest absolute Gasteiger partial charge is 0.301 e. The predicted octanol–water partition coefficient (Wildman–Crippen LogP) is 4.98. The summed E-state index contributed by atoms with van der Waals surface area (Å²) in [6.45, 7) is 0.719. The molecule has 0 spiro atoms. The average molecular weight is 414 g/mol. The van der Waals surface area contributed by atoms with Crippen LogP contribution in [0, 0.1) is 5.82 Å². The lowest BCUT2D eigenvalue weighted by atomic mass is 10.1. The number of aromatic amines is 1. The molecule has 0 saturated carbocycles. The highest BCUT2D eigenvalue weighted by Crippen LogP contribution is 2.35. The average Bonchev–Trinajstić information content (AvgIpc) is 3.09. The number of nitrogens with zero attached hydrogens (tertiary/aromatic N) is 1. The SMILES string of the molecule is CC(F)(F)c1nc(-c2ccc(S(C)(=O)=O)cc2)c(-c2ccc(F)cc2)[nH]1.CF. The van der Waals surface area contributed by atoms with E-state index in [1.807, 2.05) is 0 Å². The summed E-state index contributed by atoms with van der Waals surface area (Å²) < 4.78 is 73.3. The van der Waals surface area contributed by atoms with Gasteiger partial charge in [-0.15, -0.1) is 0 Å². The maximum absolute atomic E-state index is 13.7. The van der Waals surface area contributed by atoms with Crippen molar-refractivity contribution in [3.8, 4) is 22.5 Å². The standard InChI is InChI=1S/C18H15F3N2O2S.CH3F/c1-18(20,21)17-22-15(11-3-7-13(19)8-4-11)16(23-17)12-5-9-14(10-6-12)26(2,24)25;1-2/h3-10H,1-2H3,(H,22,23);1H3. The van der Waals surface area contributed by atoms with Gasteiger partial charge in [0.15, 0.2) is 15.7 Å². The summed E-state index contributed by atoms with van der Waals surface area (Å²) in [5, 5.41) is 0. The van der Waals surface area contributed by atoms with Gasteiger partial charge in [-0.3, -0.25) is 4.39 Å². The van der Waals surface area contributed by atoms with Crippen molar-refractivity contribution in [2.24, 2.45) is 0 Å². The molecule has 0 saturated heterocycles. The van der Waals surface area contributed by atoms with Crippen LogP contribution in [0.1, 0.15) is 12.7 Å². The molecule has 0 atom stereocenters. The molecular formula is C19H18F4N2O2S. The quantitative estimate of drug-likeness (QED) is 0.612. The number of hydrogen-bond donors (Lipinski definition) is 1. The van der Waals surface area contributed by atoms with Crippen molar-refractivity contribution < 1.29 is 26.0 Å². The number of imidazole rings is 1. The molecule has 0 fully saturated rings. The molecule has 0 aliphatic rings. The molecule has 3 aromatic rings. The Morgan fingerprint density at radius 1 is 0.929 bits per heavy atom. The van der Waals surface area contributed by atoms with Crippen LogP contribution in [0.4, 0.5) is 17.6 Å². The van der Waals surface area contributed by atoms with Gasteiger partial charge in [-0.05, 0) is 36.4 Å². The molecule has 1 heterocycles. The Hall–Kier alpha value is -2.68. The maximum atomic E-state index is 13.7. The van der Waals surface area contributed by atoms with Crippen LogP contribution < -0.4 is 0 Å². The van der Waals surface area contributed by atoms with Crippen molar-refractivity contribution >= 4 is 9.84 Å². The van der Waals surface area contributed by atoms with Crippen LogP contribution >= 0.6 is 0 Å². The summed E-state index contributed by atoms with van der Waals surface area (Å²) >= 11 is 0. The number of hydrogen-bond acceptors (Lipinski definition) is 3. The number of benzene rings is 2. The Labute approximate surface area is 160 Å². The highest BCUT2D eigenvalue weighted by molar-refractivity contribution is 7.90. The Balaban J connectivity index is 0.00000136. The van der Waals surface area contributed by atoms with E-state index in [2.05, 4.69) is 9.97 Å². The van der Waals surface area contributed by atoms with E-state index in [1.165, 1.54) is 48.5 Å². The van der Waals surface area contributed by atoms with Crippen LogP contribution in [0.25, 0.3) is 22.5 Å². The molecule has 3 rings (SSSR count). The monoisotopic (exact) mass is 414 g/mol. The van der Waals surface area contributed by atoms with E-state index in [0.717, 1.165) is 13.2 Å². The third-order valence-electron chi connectivity index (χ3n) is 3.81. The van der Waals surface area contributed by atoms with Gasteiger partial charge >= 0.3 is 5.92 Å². The first kappa shape index (κ1) is 21.6. The molecule has 0 bridgehead atoms. The first-order valence-corrected chi connectivity index (χ1v) is 9.87. The number of H-pyrrole nitrogens is 1. The lowest BCUT2D eigenvalue weighted by Gasteiger charge is -2.05. The van der Waals surface area contributed by atoms with Crippen molar-refractivity contribution in [3.05, 3.63) is 60.2 Å². The molecule has 0 amide bonds. The minimum Gasteiger partial charge on any atom is -0.336 e. The first-order valence-electron chi connectivity index (χ1n) is 7.98. The van der Waals surface area contributed by atoms with Gasteiger partial charge in [-0.2, -0.15) is 8.78 Å². The van der Waals surface area contributed by atoms with E-state index >= 15 is 0 Å². The van der Waals surface area contributed by atoms with Gasteiger partial charge in [-0.1, -0.05) is 12.1 Å². The Morgan fingerprint density at radius 3 is 1.89 bits per heavy atom. The maximum Gasteiger partial charge on any atom is 0.301 e. The number of halogens is 4. The van der Waals surface area contributed by atoms with E-state index in [4.69, 9.17) is 0 Å². The molecule has 0 aliphatic carbocycles. The van der Waals surface area contributed by atoms with Crippen LogP contribution in [-0.2, 0) is 15.8 Å². The first-order chi connectivity index (χ1) is 13.1. The van der Waals surface area contributed by atoms with Gasteiger partial charge in [0.05, 0.1) is 23.5 Å². The zero-order chi connectivity index (χ0) is 21.1. The van der Waals surface area contributed by atoms with E-state index in [1.54, 1.807) is 0 Å². The molecule has 1 aromatic heterocycles. The van der Waals surface area contributed by atoms with E-state index in [-0.39, 0.29) is 10.6 Å². The van der Waals surface area contributed by atoms with Gasteiger partial charge < -0.3 is 4.98 Å². The molecule has 1 N–H and O–H groups in total. The second-order valence-electron chi connectivity index (χ2n) is 6.00. The van der Waals surface area contributed by atoms with Crippen molar-refractivity contribution in [1.29, 1.82) is 0 Å². The lowest BCUT2D eigenvalue weighted by molar-refractivity contribution is 0.00870. The van der Waals surface area contributed by atoms with Crippen LogP contribution in [-0.4, -0.2) is 31.8 Å². The summed E-state index contributed by atoms with van der Waals surface area (Å²) in [6.07, 6.45) is 1.08. The van der Waals surface area contributed by atoms with Crippen molar-refractivity contribution in [3.63, 3.8) is 0 Å².